The monoisotopic (exact) mass is 176 g/mol. The van der Waals surface area contributed by atoms with Crippen molar-refractivity contribution in [2.75, 3.05) is 0 Å². The Balaban J connectivity index is 2.64. The van der Waals surface area contributed by atoms with Gasteiger partial charge in [-0.25, -0.2) is 0 Å². The van der Waals surface area contributed by atoms with Crippen molar-refractivity contribution >= 4 is 11.9 Å². The van der Waals surface area contributed by atoms with Crippen molar-refractivity contribution in [1.82, 2.24) is 0 Å². The molecule has 68 valence electrons. The van der Waals surface area contributed by atoms with Crippen molar-refractivity contribution in [1.29, 1.82) is 0 Å². The van der Waals surface area contributed by atoms with Crippen molar-refractivity contribution in [2.45, 2.75) is 13.0 Å². The smallest absolute Gasteiger partial charge is 0.162 e. The first-order valence-corrected chi connectivity index (χ1v) is 4.12. The van der Waals surface area contributed by atoms with Crippen LogP contribution in [-0.4, -0.2) is 17.0 Å². The van der Waals surface area contributed by atoms with Gasteiger partial charge in [-0.3, -0.25) is 4.79 Å². The van der Waals surface area contributed by atoms with E-state index < -0.39 is 6.10 Å². The van der Waals surface area contributed by atoms with Crippen LogP contribution < -0.4 is 0 Å². The first-order chi connectivity index (χ1) is 6.20. The van der Waals surface area contributed by atoms with Crippen LogP contribution in [0, 0.1) is 0 Å². The van der Waals surface area contributed by atoms with Crippen molar-refractivity contribution in [3.8, 4) is 0 Å². The lowest BCUT2D eigenvalue weighted by Gasteiger charge is -1.97. The highest BCUT2D eigenvalue weighted by Gasteiger charge is 2.02. The van der Waals surface area contributed by atoms with Gasteiger partial charge in [0, 0.05) is 0 Å². The van der Waals surface area contributed by atoms with Crippen molar-refractivity contribution in [3.63, 3.8) is 0 Å². The number of ketones is 1. The average Bonchev–Trinajstić information content (AvgIpc) is 2.15. The van der Waals surface area contributed by atoms with Crippen molar-refractivity contribution in [2.24, 2.45) is 0 Å². The summed E-state index contributed by atoms with van der Waals surface area (Å²) in [6, 6.07) is 9.53. The summed E-state index contributed by atoms with van der Waals surface area (Å²) in [5.41, 5.74) is 0.975. The number of hydrogen-bond donors (Lipinski definition) is 1. The predicted molar refractivity (Wildman–Crippen MR) is 52.2 cm³/mol. The number of hydrogen-bond acceptors (Lipinski definition) is 2. The number of carbonyl (C=O) groups excluding carboxylic acids is 1. The van der Waals surface area contributed by atoms with E-state index >= 15 is 0 Å². The zero-order valence-electron chi connectivity index (χ0n) is 7.47. The fraction of sp³-hybridized carbons (Fsp3) is 0.182. The summed E-state index contributed by atoms with van der Waals surface area (Å²) >= 11 is 0. The van der Waals surface area contributed by atoms with Crippen LogP contribution in [-0.2, 0) is 4.79 Å². The summed E-state index contributed by atoms with van der Waals surface area (Å²) in [5.74, 6) is -0.243. The van der Waals surface area contributed by atoms with E-state index in [9.17, 15) is 4.79 Å². The molecule has 13 heavy (non-hydrogen) atoms. The van der Waals surface area contributed by atoms with E-state index in [1.54, 1.807) is 6.08 Å². The Morgan fingerprint density at radius 1 is 1.38 bits per heavy atom. The molecule has 0 aliphatic carbocycles. The molecular formula is C11H12O2. The van der Waals surface area contributed by atoms with Crippen LogP contribution in [0.25, 0.3) is 6.08 Å². The second-order valence-electron chi connectivity index (χ2n) is 2.83. The second kappa shape index (κ2) is 4.58. The fourth-order valence-corrected chi connectivity index (χ4v) is 0.902. The Hall–Kier alpha value is -1.41. The first-order valence-electron chi connectivity index (χ1n) is 4.12. The van der Waals surface area contributed by atoms with E-state index in [4.69, 9.17) is 5.11 Å². The van der Waals surface area contributed by atoms with Gasteiger partial charge >= 0.3 is 0 Å². The van der Waals surface area contributed by atoms with Gasteiger partial charge in [0.05, 0.1) is 0 Å². The van der Waals surface area contributed by atoms with Gasteiger partial charge in [-0.1, -0.05) is 36.4 Å². The molecule has 0 aliphatic heterocycles. The van der Waals surface area contributed by atoms with Crippen LogP contribution in [0.3, 0.4) is 0 Å². The number of rotatable bonds is 3. The van der Waals surface area contributed by atoms with Gasteiger partial charge in [0.1, 0.15) is 6.10 Å². The number of benzene rings is 1. The second-order valence-corrected chi connectivity index (χ2v) is 2.83. The standard InChI is InChI=1S/C11H12O2/c1-9(12)11(13)8-7-10-5-3-2-4-6-10/h2-8,11,13H,1H3/b8-7+/t11-/m1/s1. The third-order valence-electron chi connectivity index (χ3n) is 1.69. The molecule has 0 saturated carbocycles. The quantitative estimate of drug-likeness (QED) is 0.760. The van der Waals surface area contributed by atoms with Gasteiger partial charge in [0.2, 0.25) is 0 Å². The molecule has 0 aliphatic rings. The topological polar surface area (TPSA) is 37.3 Å². The van der Waals surface area contributed by atoms with E-state index in [0.717, 1.165) is 5.56 Å². The zero-order valence-corrected chi connectivity index (χ0v) is 7.47. The average molecular weight is 176 g/mol. The SMILES string of the molecule is CC(=O)[C@H](O)/C=C/c1ccccc1. The van der Waals surface area contributed by atoms with Crippen LogP contribution in [0.2, 0.25) is 0 Å². The fourth-order valence-electron chi connectivity index (χ4n) is 0.902. The minimum Gasteiger partial charge on any atom is -0.381 e. The lowest BCUT2D eigenvalue weighted by Crippen LogP contribution is -2.12. The number of aliphatic hydroxyl groups is 1. The largest absolute Gasteiger partial charge is 0.381 e. The minimum absolute atomic E-state index is 0.243. The molecule has 0 saturated heterocycles. The summed E-state index contributed by atoms with van der Waals surface area (Å²) < 4.78 is 0. The molecule has 0 bridgehead atoms. The minimum atomic E-state index is -0.986. The highest BCUT2D eigenvalue weighted by atomic mass is 16.3. The van der Waals surface area contributed by atoms with Crippen LogP contribution in [0.5, 0.6) is 0 Å². The van der Waals surface area contributed by atoms with Gasteiger partial charge in [0.15, 0.2) is 5.78 Å². The molecule has 0 radical (unpaired) electrons. The van der Waals surface area contributed by atoms with Gasteiger partial charge in [0.25, 0.3) is 0 Å². The molecular weight excluding hydrogens is 164 g/mol. The maximum Gasteiger partial charge on any atom is 0.162 e. The molecule has 0 fully saturated rings. The van der Waals surface area contributed by atoms with E-state index in [0.29, 0.717) is 0 Å². The van der Waals surface area contributed by atoms with Gasteiger partial charge in [-0.15, -0.1) is 0 Å². The number of Topliss-reactive ketones (excluding diaryl/α,β-unsaturated/α-hetero) is 1. The number of aliphatic hydroxyl groups excluding tert-OH is 1. The Kier molecular flexibility index (Phi) is 3.41. The third-order valence-corrected chi connectivity index (χ3v) is 1.69. The van der Waals surface area contributed by atoms with Gasteiger partial charge in [-0.2, -0.15) is 0 Å². The molecule has 0 amide bonds. The van der Waals surface area contributed by atoms with Crippen molar-refractivity contribution in [3.05, 3.63) is 42.0 Å². The molecule has 2 heteroatoms. The predicted octanol–water partition coefficient (Wildman–Crippen LogP) is 1.65. The molecule has 1 N–H and O–H groups in total. The van der Waals surface area contributed by atoms with Crippen LogP contribution in [0.15, 0.2) is 36.4 Å². The normalized spacial score (nSPS) is 13.1. The van der Waals surface area contributed by atoms with Crippen LogP contribution >= 0.6 is 0 Å². The molecule has 1 rings (SSSR count). The van der Waals surface area contributed by atoms with Crippen LogP contribution in [0.4, 0.5) is 0 Å². The Bertz CT molecular complexity index is 301. The Morgan fingerprint density at radius 3 is 2.54 bits per heavy atom. The van der Waals surface area contributed by atoms with Gasteiger partial charge < -0.3 is 5.11 Å². The maximum absolute atomic E-state index is 10.7. The molecule has 1 aromatic carbocycles. The lowest BCUT2D eigenvalue weighted by atomic mass is 10.1. The molecule has 0 spiro atoms. The van der Waals surface area contributed by atoms with E-state index in [1.807, 2.05) is 30.3 Å². The van der Waals surface area contributed by atoms with Crippen molar-refractivity contribution < 1.29 is 9.90 Å². The molecule has 0 heterocycles. The first kappa shape index (κ1) is 9.68. The summed E-state index contributed by atoms with van der Waals surface area (Å²) in [4.78, 5) is 10.7. The molecule has 1 atom stereocenters. The molecule has 2 nitrogen and oxygen atoms in total. The Morgan fingerprint density at radius 2 is 2.00 bits per heavy atom. The summed E-state index contributed by atoms with van der Waals surface area (Å²) in [6.07, 6.45) is 2.23. The summed E-state index contributed by atoms with van der Waals surface area (Å²) in [6.45, 7) is 1.36. The molecule has 1 aromatic rings. The van der Waals surface area contributed by atoms with E-state index in [1.165, 1.54) is 13.0 Å². The number of carbonyl (C=O) groups is 1. The highest BCUT2D eigenvalue weighted by molar-refractivity contribution is 5.83. The summed E-state index contributed by atoms with van der Waals surface area (Å²) in [5, 5.41) is 9.15. The van der Waals surface area contributed by atoms with E-state index in [-0.39, 0.29) is 5.78 Å². The lowest BCUT2D eigenvalue weighted by molar-refractivity contribution is -0.122. The third kappa shape index (κ3) is 3.22. The zero-order chi connectivity index (χ0) is 9.68. The highest BCUT2D eigenvalue weighted by Crippen LogP contribution is 2.02. The Labute approximate surface area is 77.5 Å². The van der Waals surface area contributed by atoms with Gasteiger partial charge in [-0.05, 0) is 18.6 Å². The maximum atomic E-state index is 10.7. The summed E-state index contributed by atoms with van der Waals surface area (Å²) in [7, 11) is 0. The molecule has 0 aromatic heterocycles. The molecule has 0 unspecified atom stereocenters. The van der Waals surface area contributed by atoms with Crippen LogP contribution in [0.1, 0.15) is 12.5 Å². The van der Waals surface area contributed by atoms with E-state index in [2.05, 4.69) is 0 Å².